The van der Waals surface area contributed by atoms with Crippen LogP contribution >= 0.6 is 23.2 Å². The van der Waals surface area contributed by atoms with Gasteiger partial charge in [-0.25, -0.2) is 0 Å². The molecule has 0 aliphatic carbocycles. The third-order valence-corrected chi connectivity index (χ3v) is 3.29. The lowest BCUT2D eigenvalue weighted by Gasteiger charge is -2.08. The second kappa shape index (κ2) is 5.94. The summed E-state index contributed by atoms with van der Waals surface area (Å²) in [6, 6.07) is 7.60. The Morgan fingerprint density at radius 2 is 1.67 bits per heavy atom. The molecule has 108 valence electrons. The molecule has 0 radical (unpaired) electrons. The van der Waals surface area contributed by atoms with Crippen molar-refractivity contribution in [3.8, 4) is 11.5 Å². The fourth-order valence-corrected chi connectivity index (χ4v) is 1.86. The first-order valence-corrected chi connectivity index (χ1v) is 6.20. The smallest absolute Gasteiger partial charge is 0.318 e. The highest BCUT2D eigenvalue weighted by Gasteiger charge is 2.22. The number of benzene rings is 2. The lowest BCUT2D eigenvalue weighted by molar-refractivity contribution is -0.394. The molecule has 0 fully saturated rings. The van der Waals surface area contributed by atoms with E-state index < -0.39 is 21.2 Å². The van der Waals surface area contributed by atoms with Crippen LogP contribution in [0.25, 0.3) is 0 Å². The van der Waals surface area contributed by atoms with Crippen molar-refractivity contribution in [1.29, 1.82) is 0 Å². The van der Waals surface area contributed by atoms with E-state index in [9.17, 15) is 20.2 Å². The summed E-state index contributed by atoms with van der Waals surface area (Å²) in [6.07, 6.45) is 0. The molecule has 0 unspecified atom stereocenters. The van der Waals surface area contributed by atoms with Crippen LogP contribution in [0.5, 0.6) is 11.5 Å². The van der Waals surface area contributed by atoms with Gasteiger partial charge in [0.25, 0.3) is 5.69 Å². The van der Waals surface area contributed by atoms with Crippen molar-refractivity contribution in [2.24, 2.45) is 0 Å². The van der Waals surface area contributed by atoms with E-state index in [1.807, 2.05) is 0 Å². The minimum Gasteiger partial charge on any atom is -0.448 e. The molecule has 9 heteroatoms. The van der Waals surface area contributed by atoms with Gasteiger partial charge in [-0.2, -0.15) is 0 Å². The number of ether oxygens (including phenoxy) is 1. The van der Waals surface area contributed by atoms with Crippen molar-refractivity contribution >= 4 is 34.6 Å². The van der Waals surface area contributed by atoms with Gasteiger partial charge in [0.15, 0.2) is 0 Å². The van der Waals surface area contributed by atoms with Crippen LogP contribution in [0, 0.1) is 20.2 Å². The van der Waals surface area contributed by atoms with E-state index in [1.165, 1.54) is 12.1 Å². The maximum absolute atomic E-state index is 11.0. The third kappa shape index (κ3) is 3.21. The molecule has 2 rings (SSSR count). The second-order valence-electron chi connectivity index (χ2n) is 3.82. The molecular weight excluding hydrogens is 323 g/mol. The first-order valence-electron chi connectivity index (χ1n) is 5.45. The normalized spacial score (nSPS) is 10.2. The first kappa shape index (κ1) is 15.0. The van der Waals surface area contributed by atoms with E-state index >= 15 is 0 Å². The van der Waals surface area contributed by atoms with Gasteiger partial charge in [0.2, 0.25) is 5.75 Å². The minimum atomic E-state index is -0.777. The topological polar surface area (TPSA) is 95.5 Å². The summed E-state index contributed by atoms with van der Waals surface area (Å²) in [4.78, 5) is 20.1. The average molecular weight is 329 g/mol. The largest absolute Gasteiger partial charge is 0.448 e. The summed E-state index contributed by atoms with van der Waals surface area (Å²) in [6.45, 7) is 0. The predicted octanol–water partition coefficient (Wildman–Crippen LogP) is 4.60. The van der Waals surface area contributed by atoms with Crippen molar-refractivity contribution in [3.05, 3.63) is 66.7 Å². The van der Waals surface area contributed by atoms with Gasteiger partial charge in [0, 0.05) is 6.07 Å². The molecule has 2 aromatic carbocycles. The van der Waals surface area contributed by atoms with Gasteiger partial charge in [0.1, 0.15) is 10.8 Å². The number of hydrogen-bond acceptors (Lipinski definition) is 5. The van der Waals surface area contributed by atoms with Crippen molar-refractivity contribution < 1.29 is 14.6 Å². The van der Waals surface area contributed by atoms with Gasteiger partial charge in [0.05, 0.1) is 20.9 Å². The molecule has 0 saturated carbocycles. The first-order chi connectivity index (χ1) is 9.90. The SMILES string of the molecule is O=[N+]([O-])c1ccc(Oc2cccc(Cl)c2Cl)c([N+](=O)[O-])c1. The second-order valence-corrected chi connectivity index (χ2v) is 4.61. The van der Waals surface area contributed by atoms with Crippen LogP contribution in [-0.2, 0) is 0 Å². The van der Waals surface area contributed by atoms with Crippen LogP contribution in [-0.4, -0.2) is 9.85 Å². The van der Waals surface area contributed by atoms with Crippen LogP contribution in [0.1, 0.15) is 0 Å². The van der Waals surface area contributed by atoms with E-state index in [-0.39, 0.29) is 21.5 Å². The van der Waals surface area contributed by atoms with E-state index in [4.69, 9.17) is 27.9 Å². The summed E-state index contributed by atoms with van der Waals surface area (Å²) < 4.78 is 5.34. The lowest BCUT2D eigenvalue weighted by Crippen LogP contribution is -1.96. The van der Waals surface area contributed by atoms with Crippen molar-refractivity contribution in [2.45, 2.75) is 0 Å². The maximum Gasteiger partial charge on any atom is 0.318 e. The number of halogens is 2. The Bertz CT molecular complexity index is 736. The van der Waals surface area contributed by atoms with E-state index in [2.05, 4.69) is 0 Å². The van der Waals surface area contributed by atoms with Gasteiger partial charge in [-0.05, 0) is 18.2 Å². The molecule has 21 heavy (non-hydrogen) atoms. The summed E-state index contributed by atoms with van der Waals surface area (Å²) in [5.41, 5.74) is -0.952. The Labute approximate surface area is 128 Å². The monoisotopic (exact) mass is 328 g/mol. The molecule has 7 nitrogen and oxygen atoms in total. The highest BCUT2D eigenvalue weighted by molar-refractivity contribution is 6.42. The Kier molecular flexibility index (Phi) is 4.25. The highest BCUT2D eigenvalue weighted by atomic mass is 35.5. The van der Waals surface area contributed by atoms with Crippen LogP contribution in [0.4, 0.5) is 11.4 Å². The van der Waals surface area contributed by atoms with Crippen molar-refractivity contribution in [1.82, 2.24) is 0 Å². The average Bonchev–Trinajstić information content (AvgIpc) is 2.43. The highest BCUT2D eigenvalue weighted by Crippen LogP contribution is 2.39. The summed E-state index contributed by atoms with van der Waals surface area (Å²) in [5, 5.41) is 21.9. The van der Waals surface area contributed by atoms with Crippen LogP contribution in [0.15, 0.2) is 36.4 Å². The van der Waals surface area contributed by atoms with Gasteiger partial charge in [-0.1, -0.05) is 29.3 Å². The van der Waals surface area contributed by atoms with Gasteiger partial charge in [-0.3, -0.25) is 20.2 Å². The van der Waals surface area contributed by atoms with E-state index in [1.54, 1.807) is 6.07 Å². The number of nitro groups is 2. The third-order valence-electron chi connectivity index (χ3n) is 2.49. The fourth-order valence-electron chi connectivity index (χ4n) is 1.53. The molecule has 2 aromatic rings. The molecule has 0 amide bonds. The zero-order valence-corrected chi connectivity index (χ0v) is 11.7. The zero-order chi connectivity index (χ0) is 15.6. The molecule has 0 saturated heterocycles. The minimum absolute atomic E-state index is 0.0896. The van der Waals surface area contributed by atoms with Crippen molar-refractivity contribution in [2.75, 3.05) is 0 Å². The summed E-state index contributed by atoms with van der Waals surface area (Å²) >= 11 is 11.7. The Balaban J connectivity index is 2.46. The predicted molar refractivity (Wildman–Crippen MR) is 76.3 cm³/mol. The van der Waals surface area contributed by atoms with Crippen LogP contribution in [0.2, 0.25) is 10.0 Å². The summed E-state index contributed by atoms with van der Waals surface area (Å²) in [7, 11) is 0. The quantitative estimate of drug-likeness (QED) is 0.603. The number of rotatable bonds is 4. The molecule has 0 aromatic heterocycles. The van der Waals surface area contributed by atoms with Gasteiger partial charge >= 0.3 is 5.69 Å². The Morgan fingerprint density at radius 3 is 2.29 bits per heavy atom. The maximum atomic E-state index is 11.0. The lowest BCUT2D eigenvalue weighted by atomic mass is 10.2. The zero-order valence-electron chi connectivity index (χ0n) is 10.2. The molecule has 0 bridgehead atoms. The summed E-state index contributed by atoms with van der Waals surface area (Å²) in [5.74, 6) is -0.0594. The molecule has 0 spiro atoms. The van der Waals surface area contributed by atoms with Gasteiger partial charge in [-0.15, -0.1) is 0 Å². The molecule has 0 aliphatic heterocycles. The Hall–Kier alpha value is -2.38. The van der Waals surface area contributed by atoms with Gasteiger partial charge < -0.3 is 4.74 Å². The standard InChI is InChI=1S/C12H6Cl2N2O5/c13-8-2-1-3-11(12(8)14)21-10-5-4-7(15(17)18)6-9(10)16(19)20/h1-6H. The van der Waals surface area contributed by atoms with Crippen molar-refractivity contribution in [3.63, 3.8) is 0 Å². The molecule has 0 heterocycles. The number of hydrogen-bond donors (Lipinski definition) is 0. The molecule has 0 N–H and O–H groups in total. The van der Waals surface area contributed by atoms with Crippen LogP contribution < -0.4 is 4.74 Å². The van der Waals surface area contributed by atoms with E-state index in [0.29, 0.717) is 0 Å². The van der Waals surface area contributed by atoms with E-state index in [0.717, 1.165) is 18.2 Å². The number of nitro benzene ring substituents is 2. The molecule has 0 atom stereocenters. The Morgan fingerprint density at radius 1 is 0.952 bits per heavy atom. The van der Waals surface area contributed by atoms with Crippen LogP contribution in [0.3, 0.4) is 0 Å². The molecule has 0 aliphatic rings. The fraction of sp³-hybridized carbons (Fsp3) is 0. The number of nitrogens with zero attached hydrogens (tertiary/aromatic N) is 2. The molecular formula is C12H6Cl2N2O5. The number of non-ortho nitro benzene ring substituents is 1.